The lowest BCUT2D eigenvalue weighted by Crippen LogP contribution is -2.44. The molecule has 7 nitrogen and oxygen atoms in total. The monoisotopic (exact) mass is 314 g/mol. The number of nitrogens with two attached hydrogens (primary N) is 1. The van der Waals surface area contributed by atoms with Crippen LogP contribution in [0.5, 0.6) is 0 Å². The van der Waals surface area contributed by atoms with E-state index in [1.165, 1.54) is 0 Å². The molecule has 1 aliphatic heterocycles. The minimum absolute atomic E-state index is 0.00710. The third-order valence-electron chi connectivity index (χ3n) is 4.37. The Morgan fingerprint density at radius 2 is 2.30 bits per heavy atom. The maximum atomic E-state index is 12.9. The van der Waals surface area contributed by atoms with E-state index >= 15 is 0 Å². The molecular formula is C16H22N6O. The zero-order chi connectivity index (χ0) is 16.2. The number of anilines is 1. The van der Waals surface area contributed by atoms with Crippen molar-refractivity contribution in [3.05, 3.63) is 35.9 Å². The van der Waals surface area contributed by atoms with Crippen LogP contribution in [0.1, 0.15) is 41.7 Å². The molecule has 1 aliphatic rings. The number of rotatable bonds is 4. The van der Waals surface area contributed by atoms with E-state index in [1.54, 1.807) is 19.3 Å². The quantitative estimate of drug-likeness (QED) is 0.926. The number of carbonyl (C=O) groups is 1. The van der Waals surface area contributed by atoms with Crippen molar-refractivity contribution in [2.24, 2.45) is 0 Å². The Morgan fingerprint density at radius 3 is 3.04 bits per heavy atom. The first-order chi connectivity index (χ1) is 11.1. The molecule has 2 aromatic rings. The van der Waals surface area contributed by atoms with Crippen molar-refractivity contribution in [2.45, 2.75) is 45.2 Å². The number of hydrogen-bond acceptors (Lipinski definition) is 5. The highest BCUT2D eigenvalue weighted by atomic mass is 16.2. The summed E-state index contributed by atoms with van der Waals surface area (Å²) in [6, 6.07) is 2.15. The normalized spacial score (nSPS) is 18.1. The molecule has 23 heavy (non-hydrogen) atoms. The third kappa shape index (κ3) is 3.49. The van der Waals surface area contributed by atoms with Crippen LogP contribution in [-0.4, -0.2) is 43.1 Å². The molecule has 1 atom stereocenters. The summed E-state index contributed by atoms with van der Waals surface area (Å²) in [7, 11) is 0. The number of amides is 1. The van der Waals surface area contributed by atoms with E-state index < -0.39 is 0 Å². The summed E-state index contributed by atoms with van der Waals surface area (Å²) in [4.78, 5) is 22.9. The third-order valence-corrected chi connectivity index (χ3v) is 4.37. The number of carbonyl (C=O) groups excluding carboxylic acids is 1. The molecule has 0 aliphatic carbocycles. The Hall–Kier alpha value is -2.44. The van der Waals surface area contributed by atoms with E-state index in [9.17, 15) is 4.79 Å². The molecule has 3 rings (SSSR count). The van der Waals surface area contributed by atoms with Crippen LogP contribution in [0.25, 0.3) is 0 Å². The van der Waals surface area contributed by atoms with Crippen LogP contribution in [0.2, 0.25) is 0 Å². The van der Waals surface area contributed by atoms with Crippen molar-refractivity contribution in [3.8, 4) is 0 Å². The number of aryl methyl sites for hydroxylation is 2. The predicted molar refractivity (Wildman–Crippen MR) is 86.7 cm³/mol. The number of nitrogens with zero attached hydrogens (tertiary/aromatic N) is 5. The second-order valence-corrected chi connectivity index (χ2v) is 5.93. The van der Waals surface area contributed by atoms with E-state index in [4.69, 9.17) is 5.73 Å². The Labute approximate surface area is 135 Å². The van der Waals surface area contributed by atoms with E-state index in [0.717, 1.165) is 38.8 Å². The first kappa shape index (κ1) is 15.5. The molecule has 0 saturated carbocycles. The fourth-order valence-corrected chi connectivity index (χ4v) is 3.13. The molecule has 0 spiro atoms. The van der Waals surface area contributed by atoms with Crippen LogP contribution in [0.15, 0.2) is 24.7 Å². The van der Waals surface area contributed by atoms with Crippen molar-refractivity contribution in [1.82, 2.24) is 24.6 Å². The number of nitrogen functional groups attached to an aromatic ring is 1. The van der Waals surface area contributed by atoms with Crippen molar-refractivity contribution < 1.29 is 4.79 Å². The maximum Gasteiger partial charge on any atom is 0.257 e. The summed E-state index contributed by atoms with van der Waals surface area (Å²) >= 11 is 0. The largest absolute Gasteiger partial charge is 0.368 e. The highest BCUT2D eigenvalue weighted by molar-refractivity contribution is 5.95. The maximum absolute atomic E-state index is 12.9. The average molecular weight is 314 g/mol. The molecule has 2 aromatic heterocycles. The Kier molecular flexibility index (Phi) is 4.55. The van der Waals surface area contributed by atoms with Gasteiger partial charge in [-0.3, -0.25) is 9.48 Å². The zero-order valence-corrected chi connectivity index (χ0v) is 13.4. The van der Waals surface area contributed by atoms with Crippen LogP contribution in [0.4, 0.5) is 5.95 Å². The molecule has 0 aromatic carbocycles. The summed E-state index contributed by atoms with van der Waals surface area (Å²) in [5.74, 6) is 0.209. The van der Waals surface area contributed by atoms with Crippen LogP contribution >= 0.6 is 0 Å². The van der Waals surface area contributed by atoms with Gasteiger partial charge < -0.3 is 10.6 Å². The second-order valence-electron chi connectivity index (χ2n) is 5.93. The molecule has 1 saturated heterocycles. The minimum atomic E-state index is 0.00710. The van der Waals surface area contributed by atoms with Gasteiger partial charge in [0.1, 0.15) is 0 Å². The predicted octanol–water partition coefficient (Wildman–Crippen LogP) is 1.65. The molecule has 122 valence electrons. The summed E-state index contributed by atoms with van der Waals surface area (Å²) in [5, 5.41) is 4.23. The van der Waals surface area contributed by atoms with Gasteiger partial charge in [0.25, 0.3) is 5.91 Å². The van der Waals surface area contributed by atoms with E-state index in [0.29, 0.717) is 11.3 Å². The number of piperidine rings is 1. The summed E-state index contributed by atoms with van der Waals surface area (Å²) < 4.78 is 1.91. The molecule has 0 bridgehead atoms. The van der Waals surface area contributed by atoms with Gasteiger partial charge >= 0.3 is 0 Å². The molecule has 0 radical (unpaired) electrons. The highest BCUT2D eigenvalue weighted by Crippen LogP contribution is 2.23. The van der Waals surface area contributed by atoms with Gasteiger partial charge in [-0.1, -0.05) is 0 Å². The number of likely N-dealkylation sites (tertiary alicyclic amines) is 1. The van der Waals surface area contributed by atoms with Gasteiger partial charge in [-0.15, -0.1) is 0 Å². The van der Waals surface area contributed by atoms with Crippen molar-refractivity contribution in [2.75, 3.05) is 12.3 Å². The zero-order valence-electron chi connectivity index (χ0n) is 13.4. The Balaban J connectivity index is 1.73. The van der Waals surface area contributed by atoms with Crippen molar-refractivity contribution >= 4 is 11.9 Å². The standard InChI is InChI=1S/C16H22N6O/c1-12-14(11-18-16(17)20-12)15(23)22-9-3-2-5-13(22)6-10-21-8-4-7-19-21/h4,7-8,11,13H,2-3,5-6,9-10H2,1H3,(H2,17,18,20). The van der Waals surface area contributed by atoms with Gasteiger partial charge in [0.15, 0.2) is 0 Å². The fourth-order valence-electron chi connectivity index (χ4n) is 3.13. The van der Waals surface area contributed by atoms with Crippen molar-refractivity contribution in [3.63, 3.8) is 0 Å². The molecule has 2 N–H and O–H groups in total. The summed E-state index contributed by atoms with van der Waals surface area (Å²) in [5.41, 5.74) is 6.76. The van der Waals surface area contributed by atoms with Crippen molar-refractivity contribution in [1.29, 1.82) is 0 Å². The van der Waals surface area contributed by atoms with E-state index in [-0.39, 0.29) is 17.9 Å². The van der Waals surface area contributed by atoms with Gasteiger partial charge in [-0.2, -0.15) is 5.10 Å². The second kappa shape index (κ2) is 6.76. The Morgan fingerprint density at radius 1 is 1.43 bits per heavy atom. The SMILES string of the molecule is Cc1nc(N)ncc1C(=O)N1CCCCC1CCn1cccn1. The van der Waals surface area contributed by atoms with E-state index in [2.05, 4.69) is 15.1 Å². The minimum Gasteiger partial charge on any atom is -0.368 e. The van der Waals surface area contributed by atoms with Crippen LogP contribution in [0, 0.1) is 6.92 Å². The first-order valence-electron chi connectivity index (χ1n) is 8.02. The summed E-state index contributed by atoms with van der Waals surface area (Å²) in [6.07, 6.45) is 9.40. The Bertz CT molecular complexity index is 669. The fraction of sp³-hybridized carbons (Fsp3) is 0.500. The lowest BCUT2D eigenvalue weighted by Gasteiger charge is -2.36. The van der Waals surface area contributed by atoms with Gasteiger partial charge in [-0.25, -0.2) is 9.97 Å². The number of aromatic nitrogens is 4. The molecule has 7 heteroatoms. The van der Waals surface area contributed by atoms with Gasteiger partial charge in [0.2, 0.25) is 5.95 Å². The van der Waals surface area contributed by atoms with Gasteiger partial charge in [0, 0.05) is 37.7 Å². The average Bonchev–Trinajstić information content (AvgIpc) is 3.06. The van der Waals surface area contributed by atoms with Crippen LogP contribution in [-0.2, 0) is 6.54 Å². The van der Waals surface area contributed by atoms with Gasteiger partial charge in [-0.05, 0) is 38.7 Å². The molecule has 1 fully saturated rings. The summed E-state index contributed by atoms with van der Waals surface area (Å²) in [6.45, 7) is 3.40. The highest BCUT2D eigenvalue weighted by Gasteiger charge is 2.28. The molecule has 1 amide bonds. The molecule has 3 heterocycles. The van der Waals surface area contributed by atoms with E-state index in [1.807, 2.05) is 21.8 Å². The lowest BCUT2D eigenvalue weighted by atomic mass is 9.98. The molecule has 1 unspecified atom stereocenters. The molecular weight excluding hydrogens is 292 g/mol. The van der Waals surface area contributed by atoms with Gasteiger partial charge in [0.05, 0.1) is 11.3 Å². The topological polar surface area (TPSA) is 89.9 Å². The van der Waals surface area contributed by atoms with Crippen LogP contribution in [0.3, 0.4) is 0 Å². The lowest BCUT2D eigenvalue weighted by molar-refractivity contribution is 0.0592. The number of hydrogen-bond donors (Lipinski definition) is 1. The van der Waals surface area contributed by atoms with Crippen LogP contribution < -0.4 is 5.73 Å². The smallest absolute Gasteiger partial charge is 0.257 e. The first-order valence-corrected chi connectivity index (χ1v) is 8.02.